The molecule has 1 aromatic rings. The minimum atomic E-state index is -0.444. The number of carbonyl (C=O) groups is 1. The van der Waals surface area contributed by atoms with E-state index in [0.717, 1.165) is 12.1 Å². The van der Waals surface area contributed by atoms with E-state index in [9.17, 15) is 4.79 Å². The van der Waals surface area contributed by atoms with Crippen LogP contribution < -0.4 is 11.1 Å². The summed E-state index contributed by atoms with van der Waals surface area (Å²) in [5.41, 5.74) is 6.66. The lowest BCUT2D eigenvalue weighted by atomic mass is 9.99. The zero-order chi connectivity index (χ0) is 12.8. The highest BCUT2D eigenvalue weighted by Crippen LogP contribution is 2.18. The molecule has 0 aliphatic carbocycles. The van der Waals surface area contributed by atoms with Crippen LogP contribution in [0.5, 0.6) is 0 Å². The topological polar surface area (TPSA) is 55.1 Å². The Kier molecular flexibility index (Phi) is 8.07. The zero-order valence-electron chi connectivity index (χ0n) is 11.0. The van der Waals surface area contributed by atoms with Gasteiger partial charge in [0.15, 0.2) is 0 Å². The maximum atomic E-state index is 11.8. The summed E-state index contributed by atoms with van der Waals surface area (Å²) in [5, 5.41) is 2.84. The molecule has 3 N–H and O–H groups in total. The van der Waals surface area contributed by atoms with Gasteiger partial charge in [-0.3, -0.25) is 4.79 Å². The van der Waals surface area contributed by atoms with E-state index < -0.39 is 6.04 Å². The SMILES string of the molecule is CCC(C)C(N)C(=O)Nc1ccc(SC)cc1.Cl. The monoisotopic (exact) mass is 288 g/mol. The number of carbonyl (C=O) groups excluding carboxylic acids is 1. The molecule has 0 saturated heterocycles. The number of thioether (sulfide) groups is 1. The molecule has 0 aliphatic rings. The van der Waals surface area contributed by atoms with E-state index in [4.69, 9.17) is 5.73 Å². The van der Waals surface area contributed by atoms with Crippen LogP contribution in [0, 0.1) is 5.92 Å². The third kappa shape index (κ3) is 4.88. The van der Waals surface area contributed by atoms with Crippen molar-refractivity contribution >= 4 is 35.8 Å². The Bertz CT molecular complexity index is 370. The van der Waals surface area contributed by atoms with Crippen LogP contribution in [0.15, 0.2) is 29.2 Å². The molecule has 0 aromatic heterocycles. The van der Waals surface area contributed by atoms with Crippen molar-refractivity contribution in [1.82, 2.24) is 0 Å². The molecule has 0 aliphatic heterocycles. The molecule has 0 fully saturated rings. The minimum Gasteiger partial charge on any atom is -0.325 e. The van der Waals surface area contributed by atoms with E-state index >= 15 is 0 Å². The van der Waals surface area contributed by atoms with Gasteiger partial charge in [-0.1, -0.05) is 20.3 Å². The van der Waals surface area contributed by atoms with Crippen LogP contribution in [0.1, 0.15) is 20.3 Å². The Labute approximate surface area is 119 Å². The second-order valence-corrected chi connectivity index (χ2v) is 5.01. The molecular weight excluding hydrogens is 268 g/mol. The fourth-order valence-electron chi connectivity index (χ4n) is 1.41. The molecule has 0 bridgehead atoms. The van der Waals surface area contributed by atoms with Gasteiger partial charge < -0.3 is 11.1 Å². The van der Waals surface area contributed by atoms with Gasteiger partial charge in [0, 0.05) is 10.6 Å². The van der Waals surface area contributed by atoms with Crippen molar-refractivity contribution in [2.24, 2.45) is 11.7 Å². The van der Waals surface area contributed by atoms with E-state index in [1.54, 1.807) is 11.8 Å². The Hall–Kier alpha value is -0.710. The fraction of sp³-hybridized carbons (Fsp3) is 0.462. The van der Waals surface area contributed by atoms with Gasteiger partial charge in [-0.25, -0.2) is 0 Å². The highest BCUT2D eigenvalue weighted by atomic mass is 35.5. The number of amides is 1. The molecule has 102 valence electrons. The Morgan fingerprint density at radius 2 is 1.94 bits per heavy atom. The van der Waals surface area contributed by atoms with Crippen molar-refractivity contribution in [2.45, 2.75) is 31.2 Å². The van der Waals surface area contributed by atoms with Crippen molar-refractivity contribution in [3.8, 4) is 0 Å². The van der Waals surface area contributed by atoms with Crippen LogP contribution >= 0.6 is 24.2 Å². The summed E-state index contributed by atoms with van der Waals surface area (Å²) in [6.07, 6.45) is 2.92. The van der Waals surface area contributed by atoms with Crippen molar-refractivity contribution in [2.75, 3.05) is 11.6 Å². The van der Waals surface area contributed by atoms with E-state index in [1.807, 2.05) is 44.4 Å². The summed E-state index contributed by atoms with van der Waals surface area (Å²) < 4.78 is 0. The fourth-order valence-corrected chi connectivity index (χ4v) is 1.82. The molecule has 1 aromatic carbocycles. The first-order valence-corrected chi connectivity index (χ1v) is 7.01. The highest BCUT2D eigenvalue weighted by molar-refractivity contribution is 7.98. The van der Waals surface area contributed by atoms with E-state index in [1.165, 1.54) is 4.90 Å². The van der Waals surface area contributed by atoms with Crippen LogP contribution in [0.2, 0.25) is 0 Å². The second kappa shape index (κ2) is 8.40. The maximum Gasteiger partial charge on any atom is 0.241 e. The number of benzene rings is 1. The predicted octanol–water partition coefficient (Wildman–Crippen LogP) is 3.14. The molecule has 0 spiro atoms. The Morgan fingerprint density at radius 1 is 1.39 bits per heavy atom. The van der Waals surface area contributed by atoms with Gasteiger partial charge in [-0.15, -0.1) is 24.2 Å². The number of nitrogens with one attached hydrogen (secondary N) is 1. The lowest BCUT2D eigenvalue weighted by Crippen LogP contribution is -2.40. The van der Waals surface area contributed by atoms with Crippen molar-refractivity contribution in [3.63, 3.8) is 0 Å². The molecule has 1 rings (SSSR count). The van der Waals surface area contributed by atoms with Crippen LogP contribution in [0.4, 0.5) is 5.69 Å². The van der Waals surface area contributed by atoms with Gasteiger partial charge in [-0.2, -0.15) is 0 Å². The molecule has 0 heterocycles. The molecule has 2 unspecified atom stereocenters. The molecule has 0 radical (unpaired) electrons. The summed E-state index contributed by atoms with van der Waals surface area (Å²) in [7, 11) is 0. The number of hydrogen-bond donors (Lipinski definition) is 2. The predicted molar refractivity (Wildman–Crippen MR) is 81.5 cm³/mol. The summed E-state index contributed by atoms with van der Waals surface area (Å²) in [6, 6.07) is 7.31. The summed E-state index contributed by atoms with van der Waals surface area (Å²) >= 11 is 1.67. The molecule has 0 saturated carbocycles. The molecule has 3 nitrogen and oxygen atoms in total. The lowest BCUT2D eigenvalue weighted by molar-refractivity contribution is -0.118. The summed E-state index contributed by atoms with van der Waals surface area (Å²) in [6.45, 7) is 4.02. The number of halogens is 1. The van der Waals surface area contributed by atoms with Gasteiger partial charge in [0.1, 0.15) is 0 Å². The first-order valence-electron chi connectivity index (χ1n) is 5.79. The molecule has 18 heavy (non-hydrogen) atoms. The van der Waals surface area contributed by atoms with Gasteiger partial charge in [0.2, 0.25) is 5.91 Å². The van der Waals surface area contributed by atoms with Crippen molar-refractivity contribution < 1.29 is 4.79 Å². The first kappa shape index (κ1) is 17.3. The van der Waals surface area contributed by atoms with E-state index in [0.29, 0.717) is 0 Å². The number of anilines is 1. The third-order valence-corrected chi connectivity index (χ3v) is 3.66. The quantitative estimate of drug-likeness (QED) is 0.819. The van der Waals surface area contributed by atoms with Gasteiger partial charge in [-0.05, 0) is 36.4 Å². The maximum absolute atomic E-state index is 11.8. The third-order valence-electron chi connectivity index (χ3n) is 2.92. The van der Waals surface area contributed by atoms with Crippen LogP contribution in [-0.4, -0.2) is 18.2 Å². The van der Waals surface area contributed by atoms with Crippen LogP contribution in [0.25, 0.3) is 0 Å². The lowest BCUT2D eigenvalue weighted by Gasteiger charge is -2.17. The Morgan fingerprint density at radius 3 is 2.39 bits per heavy atom. The molecule has 2 atom stereocenters. The van der Waals surface area contributed by atoms with Crippen molar-refractivity contribution in [3.05, 3.63) is 24.3 Å². The van der Waals surface area contributed by atoms with Gasteiger partial charge in [0.25, 0.3) is 0 Å². The average Bonchev–Trinajstić information content (AvgIpc) is 2.37. The van der Waals surface area contributed by atoms with Gasteiger partial charge >= 0.3 is 0 Å². The first-order chi connectivity index (χ1) is 8.08. The van der Waals surface area contributed by atoms with Gasteiger partial charge in [0.05, 0.1) is 6.04 Å². The summed E-state index contributed by atoms with van der Waals surface area (Å²) in [5.74, 6) is 0.0803. The van der Waals surface area contributed by atoms with Crippen LogP contribution in [-0.2, 0) is 4.79 Å². The average molecular weight is 289 g/mol. The Balaban J connectivity index is 0.00000289. The molecular formula is C13H21ClN2OS. The minimum absolute atomic E-state index is 0. The van der Waals surface area contributed by atoms with E-state index in [-0.39, 0.29) is 24.2 Å². The standard InChI is InChI=1S/C13H20N2OS.ClH/c1-4-9(2)12(14)13(16)15-10-5-7-11(17-3)8-6-10;/h5-9,12H,4,14H2,1-3H3,(H,15,16);1H. The smallest absolute Gasteiger partial charge is 0.241 e. The summed E-state index contributed by atoms with van der Waals surface area (Å²) in [4.78, 5) is 13.0. The van der Waals surface area contributed by atoms with Crippen LogP contribution in [0.3, 0.4) is 0 Å². The molecule has 1 amide bonds. The zero-order valence-corrected chi connectivity index (χ0v) is 12.6. The highest BCUT2D eigenvalue weighted by Gasteiger charge is 2.19. The second-order valence-electron chi connectivity index (χ2n) is 4.13. The number of rotatable bonds is 5. The largest absolute Gasteiger partial charge is 0.325 e. The van der Waals surface area contributed by atoms with E-state index in [2.05, 4.69) is 5.32 Å². The van der Waals surface area contributed by atoms with Crippen molar-refractivity contribution in [1.29, 1.82) is 0 Å². The number of hydrogen-bond acceptors (Lipinski definition) is 3. The number of nitrogens with two attached hydrogens (primary N) is 1. The normalized spacial score (nSPS) is 13.3. The molecule has 5 heteroatoms.